The van der Waals surface area contributed by atoms with E-state index in [1.54, 1.807) is 24.3 Å². The zero-order chi connectivity index (χ0) is 17.1. The van der Waals surface area contributed by atoms with Crippen molar-refractivity contribution in [3.63, 3.8) is 0 Å². The molecule has 8 nitrogen and oxygen atoms in total. The highest BCUT2D eigenvalue weighted by molar-refractivity contribution is 6.01. The standard InChI is InChI=1S/C15H13N3O5/c1-10-3-5-12(6-4-10)16(11(2)19)14-8-7-13(17(20)21)9-15(14)18(22)23/h3-9H,1-2H3. The van der Waals surface area contributed by atoms with Crippen molar-refractivity contribution >= 4 is 28.7 Å². The Morgan fingerprint density at radius 2 is 1.61 bits per heavy atom. The molecule has 2 aromatic rings. The number of carbonyl (C=O) groups is 1. The molecule has 0 saturated heterocycles. The number of hydrogen-bond donors (Lipinski definition) is 0. The molecule has 2 rings (SSSR count). The molecule has 0 N–H and O–H groups in total. The van der Waals surface area contributed by atoms with Crippen molar-refractivity contribution in [1.82, 2.24) is 0 Å². The van der Waals surface area contributed by atoms with E-state index >= 15 is 0 Å². The molecule has 0 fully saturated rings. The van der Waals surface area contributed by atoms with Crippen LogP contribution in [0.3, 0.4) is 0 Å². The Kier molecular flexibility index (Phi) is 4.35. The average molecular weight is 315 g/mol. The molecule has 0 unspecified atom stereocenters. The minimum atomic E-state index is -0.744. The summed E-state index contributed by atoms with van der Waals surface area (Å²) in [5.41, 5.74) is 0.482. The van der Waals surface area contributed by atoms with Crippen molar-refractivity contribution in [3.05, 3.63) is 68.3 Å². The third-order valence-corrected chi connectivity index (χ3v) is 3.21. The third-order valence-electron chi connectivity index (χ3n) is 3.21. The van der Waals surface area contributed by atoms with Crippen molar-refractivity contribution in [2.75, 3.05) is 4.90 Å². The van der Waals surface area contributed by atoms with Crippen LogP contribution in [0.15, 0.2) is 42.5 Å². The van der Waals surface area contributed by atoms with Crippen LogP contribution in [0.2, 0.25) is 0 Å². The summed E-state index contributed by atoms with van der Waals surface area (Å²) < 4.78 is 0. The molecule has 1 amide bonds. The van der Waals surface area contributed by atoms with Gasteiger partial charge < -0.3 is 0 Å². The first-order valence-electron chi connectivity index (χ1n) is 6.61. The maximum Gasteiger partial charge on any atom is 0.300 e. The highest BCUT2D eigenvalue weighted by atomic mass is 16.6. The SMILES string of the molecule is CC(=O)N(c1ccc(C)cc1)c1ccc([N+](=O)[O-])cc1[N+](=O)[O-]. The second-order valence-corrected chi connectivity index (χ2v) is 4.88. The van der Waals surface area contributed by atoms with E-state index in [-0.39, 0.29) is 5.69 Å². The zero-order valence-electron chi connectivity index (χ0n) is 12.4. The quantitative estimate of drug-likeness (QED) is 0.634. The van der Waals surface area contributed by atoms with Gasteiger partial charge in [0, 0.05) is 18.7 Å². The van der Waals surface area contributed by atoms with Gasteiger partial charge in [-0.1, -0.05) is 17.7 Å². The van der Waals surface area contributed by atoms with Crippen LogP contribution < -0.4 is 4.90 Å². The summed E-state index contributed by atoms with van der Waals surface area (Å²) >= 11 is 0. The number of nitro groups is 2. The highest BCUT2D eigenvalue weighted by Crippen LogP contribution is 2.36. The number of benzene rings is 2. The van der Waals surface area contributed by atoms with Crippen LogP contribution in [0, 0.1) is 27.2 Å². The molecule has 23 heavy (non-hydrogen) atoms. The van der Waals surface area contributed by atoms with Crippen LogP contribution in [0.1, 0.15) is 12.5 Å². The van der Waals surface area contributed by atoms with E-state index in [0.29, 0.717) is 5.69 Å². The van der Waals surface area contributed by atoms with Crippen LogP contribution in [-0.2, 0) is 4.79 Å². The number of nitro benzene ring substituents is 2. The lowest BCUT2D eigenvalue weighted by atomic mass is 10.1. The summed E-state index contributed by atoms with van der Waals surface area (Å²) in [5, 5.41) is 22.1. The summed E-state index contributed by atoms with van der Waals surface area (Å²) in [4.78, 5) is 33.7. The maximum absolute atomic E-state index is 12.0. The molecule has 0 aliphatic heterocycles. The second kappa shape index (κ2) is 6.22. The Bertz CT molecular complexity index is 786. The largest absolute Gasteiger partial charge is 0.300 e. The molecule has 0 radical (unpaired) electrons. The molecule has 0 spiro atoms. The lowest BCUT2D eigenvalue weighted by Gasteiger charge is -2.21. The van der Waals surface area contributed by atoms with Crippen molar-refractivity contribution in [3.8, 4) is 0 Å². The predicted molar refractivity (Wildman–Crippen MR) is 83.7 cm³/mol. The Labute approximate surface area is 131 Å². The molecule has 2 aromatic carbocycles. The van der Waals surface area contributed by atoms with E-state index in [1.165, 1.54) is 13.0 Å². The molecule has 0 aliphatic carbocycles. The molecule has 118 valence electrons. The Balaban J connectivity index is 2.64. The van der Waals surface area contributed by atoms with Gasteiger partial charge in [-0.3, -0.25) is 29.9 Å². The van der Waals surface area contributed by atoms with E-state index in [2.05, 4.69) is 0 Å². The molecule has 8 heteroatoms. The van der Waals surface area contributed by atoms with Crippen molar-refractivity contribution in [1.29, 1.82) is 0 Å². The highest BCUT2D eigenvalue weighted by Gasteiger charge is 2.26. The number of aryl methyl sites for hydroxylation is 1. The topological polar surface area (TPSA) is 107 Å². The number of carbonyl (C=O) groups excluding carboxylic acids is 1. The molecular weight excluding hydrogens is 302 g/mol. The molecule has 0 saturated carbocycles. The van der Waals surface area contributed by atoms with Gasteiger partial charge in [-0.15, -0.1) is 0 Å². The zero-order valence-corrected chi connectivity index (χ0v) is 12.4. The van der Waals surface area contributed by atoms with E-state index < -0.39 is 27.1 Å². The molecule has 0 aromatic heterocycles. The Morgan fingerprint density at radius 1 is 1.00 bits per heavy atom. The van der Waals surface area contributed by atoms with Crippen LogP contribution in [0.4, 0.5) is 22.7 Å². The van der Waals surface area contributed by atoms with Gasteiger partial charge in [0.25, 0.3) is 11.4 Å². The van der Waals surface area contributed by atoms with Gasteiger partial charge in [-0.25, -0.2) is 0 Å². The lowest BCUT2D eigenvalue weighted by Crippen LogP contribution is -2.23. The van der Waals surface area contributed by atoms with Crippen LogP contribution >= 0.6 is 0 Å². The summed E-state index contributed by atoms with van der Waals surface area (Å²) in [6.07, 6.45) is 0. The van der Waals surface area contributed by atoms with Gasteiger partial charge in [0.15, 0.2) is 0 Å². The fourth-order valence-electron chi connectivity index (χ4n) is 2.15. The minimum Gasteiger partial charge on any atom is -0.275 e. The average Bonchev–Trinajstić information content (AvgIpc) is 2.49. The number of anilines is 2. The first-order chi connectivity index (χ1) is 10.8. The number of hydrogen-bond acceptors (Lipinski definition) is 5. The van der Waals surface area contributed by atoms with Gasteiger partial charge >= 0.3 is 0 Å². The van der Waals surface area contributed by atoms with Gasteiger partial charge in [0.2, 0.25) is 5.91 Å². The number of rotatable bonds is 4. The van der Waals surface area contributed by atoms with Crippen LogP contribution in [-0.4, -0.2) is 15.8 Å². The lowest BCUT2D eigenvalue weighted by molar-refractivity contribution is -0.393. The molecular formula is C15H13N3O5. The number of amides is 1. The van der Waals surface area contributed by atoms with Crippen LogP contribution in [0.25, 0.3) is 0 Å². The van der Waals surface area contributed by atoms with Crippen molar-refractivity contribution in [2.45, 2.75) is 13.8 Å². The fraction of sp³-hybridized carbons (Fsp3) is 0.133. The Hall–Kier alpha value is -3.29. The van der Waals surface area contributed by atoms with E-state index in [1.807, 2.05) is 6.92 Å². The molecule has 0 bridgehead atoms. The van der Waals surface area contributed by atoms with Gasteiger partial charge in [-0.2, -0.15) is 0 Å². The maximum atomic E-state index is 12.0. The summed E-state index contributed by atoms with van der Waals surface area (Å²) in [6.45, 7) is 3.14. The summed E-state index contributed by atoms with van der Waals surface area (Å²) in [5.74, 6) is -0.439. The summed E-state index contributed by atoms with van der Waals surface area (Å²) in [7, 11) is 0. The van der Waals surface area contributed by atoms with Crippen molar-refractivity contribution < 1.29 is 14.6 Å². The smallest absolute Gasteiger partial charge is 0.275 e. The number of non-ortho nitro benzene ring substituents is 1. The first kappa shape index (κ1) is 16.1. The van der Waals surface area contributed by atoms with Crippen molar-refractivity contribution in [2.24, 2.45) is 0 Å². The van der Waals surface area contributed by atoms with E-state index in [9.17, 15) is 25.0 Å². The van der Waals surface area contributed by atoms with Gasteiger partial charge in [-0.05, 0) is 25.1 Å². The van der Waals surface area contributed by atoms with Gasteiger partial charge in [0.05, 0.1) is 15.9 Å². The fourth-order valence-corrected chi connectivity index (χ4v) is 2.15. The van der Waals surface area contributed by atoms with Crippen LogP contribution in [0.5, 0.6) is 0 Å². The molecule has 0 atom stereocenters. The minimum absolute atomic E-state index is 0.0167. The molecule has 0 heterocycles. The van der Waals surface area contributed by atoms with E-state index in [4.69, 9.17) is 0 Å². The van der Waals surface area contributed by atoms with Gasteiger partial charge in [0.1, 0.15) is 5.69 Å². The second-order valence-electron chi connectivity index (χ2n) is 4.88. The third kappa shape index (κ3) is 3.31. The normalized spacial score (nSPS) is 10.2. The number of nitrogens with zero attached hydrogens (tertiary/aromatic N) is 3. The van der Waals surface area contributed by atoms with E-state index in [0.717, 1.165) is 22.6 Å². The summed E-state index contributed by atoms with van der Waals surface area (Å²) in [6, 6.07) is 10.0. The molecule has 0 aliphatic rings. The first-order valence-corrected chi connectivity index (χ1v) is 6.61. The predicted octanol–water partition coefficient (Wildman–Crippen LogP) is 3.50. The Morgan fingerprint density at radius 3 is 2.09 bits per heavy atom. The monoisotopic (exact) mass is 315 g/mol.